The molecule has 0 saturated heterocycles. The highest BCUT2D eigenvalue weighted by atomic mass is 32.2. The summed E-state index contributed by atoms with van der Waals surface area (Å²) in [4.78, 5) is 96.9. The van der Waals surface area contributed by atoms with Gasteiger partial charge in [-0.25, -0.2) is 21.3 Å². The molecule has 6 aromatic rings. The van der Waals surface area contributed by atoms with Crippen molar-refractivity contribution in [2.75, 3.05) is 84.0 Å². The van der Waals surface area contributed by atoms with Crippen molar-refractivity contribution >= 4 is 87.9 Å². The molecule has 6 aromatic carbocycles. The number of hydrogen-bond donors (Lipinski definition) is 5. The number of carbonyl (C=O) groups excluding carboxylic acids is 6. The molecule has 0 radical (unpaired) electrons. The largest absolute Gasteiger partial charge is 0.497 e. The first-order valence-corrected chi connectivity index (χ1v) is 29.4. The first-order chi connectivity index (χ1) is 41.6. The number of amides is 4. The second-order valence-corrected chi connectivity index (χ2v) is 22.8. The van der Waals surface area contributed by atoms with Crippen molar-refractivity contribution in [3.63, 3.8) is 0 Å². The quantitative estimate of drug-likeness (QED) is 0.0181. The summed E-state index contributed by atoms with van der Waals surface area (Å²) in [5.74, 6) is 0.183. The van der Waals surface area contributed by atoms with Gasteiger partial charge in [-0.2, -0.15) is 0 Å². The normalized spacial score (nSPS) is 15.8. The molecule has 0 saturated carbocycles. The van der Waals surface area contributed by atoms with E-state index in [1.165, 1.54) is 64.2 Å². The molecule has 0 spiro atoms. The fourth-order valence-corrected chi connectivity index (χ4v) is 12.9. The fraction of sp³-hybridized carbons (Fsp3) is 0.311. The molecule has 0 bridgehead atoms. The third-order valence-corrected chi connectivity index (χ3v) is 17.3. The Bertz CT molecular complexity index is 3140. The molecule has 0 fully saturated rings. The molecule has 9 rings (SSSR count). The van der Waals surface area contributed by atoms with Crippen LogP contribution < -0.4 is 45.4 Å². The average Bonchev–Trinajstić information content (AvgIpc) is 1.02. The minimum absolute atomic E-state index is 0.00647. The highest BCUT2D eigenvalue weighted by molar-refractivity contribution is 8.01. The molecule has 3 aliphatic heterocycles. The summed E-state index contributed by atoms with van der Waals surface area (Å²) >= 11 is 4.43. The van der Waals surface area contributed by atoms with Crippen LogP contribution in [0, 0.1) is 0 Å². The molecule has 3 heterocycles. The van der Waals surface area contributed by atoms with Gasteiger partial charge in [-0.3, -0.25) is 58.7 Å². The number of rotatable bonds is 23. The summed E-state index contributed by atoms with van der Waals surface area (Å²) in [6.45, 7) is 0.0948. The molecule has 0 aromatic heterocycles. The lowest BCUT2D eigenvalue weighted by Crippen LogP contribution is -2.46. The van der Waals surface area contributed by atoms with Gasteiger partial charge in [0.1, 0.15) is 43.5 Å². The maximum absolute atomic E-state index is 13.2. The van der Waals surface area contributed by atoms with Gasteiger partial charge >= 0.3 is 11.9 Å². The Morgan fingerprint density at radius 2 is 0.756 bits per heavy atom. The zero-order valence-corrected chi connectivity index (χ0v) is 50.8. The Balaban J connectivity index is 0.000000185. The van der Waals surface area contributed by atoms with Crippen LogP contribution in [0.3, 0.4) is 0 Å². The predicted molar refractivity (Wildman–Crippen MR) is 324 cm³/mol. The number of nitrogens with zero attached hydrogens (tertiary/aromatic N) is 3. The monoisotopic (exact) mass is 1240 g/mol. The number of fused-ring (bicyclic) bond motifs is 3. The van der Waals surface area contributed by atoms with Gasteiger partial charge in [0.15, 0.2) is 0 Å². The minimum atomic E-state index is -0.656. The predicted octanol–water partition coefficient (Wildman–Crippen LogP) is 7.38. The van der Waals surface area contributed by atoms with Gasteiger partial charge in [0.2, 0.25) is 17.7 Å². The second-order valence-electron chi connectivity index (χ2n) is 19.1. The van der Waals surface area contributed by atoms with Crippen LogP contribution in [0.2, 0.25) is 0 Å². The zero-order chi connectivity index (χ0) is 61.7. The number of anilines is 3. The molecule has 86 heavy (non-hydrogen) atoms. The zero-order valence-electron chi connectivity index (χ0n) is 48.4. The van der Waals surface area contributed by atoms with Crippen molar-refractivity contribution in [3.05, 3.63) is 161 Å². The fourth-order valence-electron chi connectivity index (χ4n) is 9.13. The number of thioether (sulfide) groups is 3. The molecular weight excluding hydrogens is 1170 g/mol. The van der Waals surface area contributed by atoms with Crippen molar-refractivity contribution in [1.29, 1.82) is 0 Å². The van der Waals surface area contributed by atoms with Crippen molar-refractivity contribution in [2.24, 2.45) is 0 Å². The molecule has 456 valence electrons. The Labute approximate surface area is 510 Å². The summed E-state index contributed by atoms with van der Waals surface area (Å²) < 4.78 is 25.1. The van der Waals surface area contributed by atoms with Gasteiger partial charge in [0.05, 0.1) is 81.6 Å². The molecule has 5 N–H and O–H groups in total. The highest BCUT2D eigenvalue weighted by Gasteiger charge is 2.38. The number of ether oxygens (including phenoxy) is 5. The van der Waals surface area contributed by atoms with Gasteiger partial charge in [-0.1, -0.05) is 54.6 Å². The van der Waals surface area contributed by atoms with Gasteiger partial charge in [-0.15, -0.1) is 35.3 Å². The minimum Gasteiger partial charge on any atom is -0.497 e. The topological polar surface area (TPSA) is 263 Å². The number of nitrogens with one attached hydrogen (secondary N) is 3. The van der Waals surface area contributed by atoms with E-state index in [0.717, 1.165) is 59.8 Å². The van der Waals surface area contributed by atoms with Crippen molar-refractivity contribution in [2.45, 2.75) is 69.5 Å². The Hall–Kier alpha value is -7.69. The first kappa shape index (κ1) is 65.8. The van der Waals surface area contributed by atoms with Crippen LogP contribution in [0.25, 0.3) is 0 Å². The summed E-state index contributed by atoms with van der Waals surface area (Å²) in [5, 5.41) is 16.5. The van der Waals surface area contributed by atoms with Gasteiger partial charge in [-0.05, 0) is 125 Å². The van der Waals surface area contributed by atoms with E-state index < -0.39 is 17.8 Å². The maximum atomic E-state index is 13.2. The van der Waals surface area contributed by atoms with Gasteiger partial charge in [0, 0.05) is 28.8 Å². The van der Waals surface area contributed by atoms with E-state index >= 15 is 0 Å². The lowest BCUT2D eigenvalue weighted by atomic mass is 10.1. The van der Waals surface area contributed by atoms with E-state index in [1.807, 2.05) is 121 Å². The third kappa shape index (κ3) is 17.7. The van der Waals surface area contributed by atoms with E-state index in [0.29, 0.717) is 55.1 Å². The Morgan fingerprint density at radius 1 is 0.453 bits per heavy atom. The summed E-state index contributed by atoms with van der Waals surface area (Å²) in [7, 11) is 10.8. The number of hydrogen-bond acceptors (Lipinski definition) is 21. The number of methoxy groups -OCH3 is 5. The van der Waals surface area contributed by atoms with E-state index in [2.05, 4.69) is 15.8 Å². The van der Waals surface area contributed by atoms with Gasteiger partial charge in [0.25, 0.3) is 5.91 Å². The van der Waals surface area contributed by atoms with Crippen LogP contribution in [0.1, 0.15) is 33.4 Å². The maximum Gasteiger partial charge on any atom is 0.325 e. The summed E-state index contributed by atoms with van der Waals surface area (Å²) in [6, 6.07) is 39.7. The van der Waals surface area contributed by atoms with Crippen LogP contribution in [-0.4, -0.2) is 131 Å². The molecule has 3 atom stereocenters. The lowest BCUT2D eigenvalue weighted by Gasteiger charge is -2.33. The molecule has 4 amide bonds. The average molecular weight is 1240 g/mol. The second kappa shape index (κ2) is 32.7. The van der Waals surface area contributed by atoms with E-state index in [4.69, 9.17) is 43.8 Å². The van der Waals surface area contributed by atoms with Crippen LogP contribution in [0.15, 0.2) is 142 Å². The van der Waals surface area contributed by atoms with E-state index in [9.17, 15) is 28.8 Å². The highest BCUT2D eigenvalue weighted by Crippen LogP contribution is 2.44. The van der Waals surface area contributed by atoms with Crippen molar-refractivity contribution in [1.82, 2.24) is 16.4 Å². The third-order valence-electron chi connectivity index (χ3n) is 13.6. The molecule has 3 aliphatic rings. The number of hydroxylamine groups is 3. The van der Waals surface area contributed by atoms with Gasteiger partial charge < -0.3 is 28.6 Å². The summed E-state index contributed by atoms with van der Waals surface area (Å²) in [6.07, 6.45) is 1.58. The van der Waals surface area contributed by atoms with Crippen molar-refractivity contribution in [3.8, 4) is 17.2 Å². The molecule has 0 aliphatic carbocycles. The van der Waals surface area contributed by atoms with Crippen molar-refractivity contribution < 1.29 is 77.5 Å². The van der Waals surface area contributed by atoms with Crippen LogP contribution in [0.4, 0.5) is 17.1 Å². The molecule has 25 heteroatoms. The van der Waals surface area contributed by atoms with E-state index in [-0.39, 0.29) is 59.7 Å². The molecule has 22 nitrogen and oxygen atoms in total. The molecular formula is C61H68N6O16S3. The summed E-state index contributed by atoms with van der Waals surface area (Å²) in [5.41, 5.74) is 14.2. The smallest absolute Gasteiger partial charge is 0.325 e. The number of carbonyl (C=O) groups is 6. The van der Waals surface area contributed by atoms with Crippen LogP contribution in [-0.2, 0) is 91.9 Å². The number of esters is 2. The van der Waals surface area contributed by atoms with Crippen LogP contribution >= 0.6 is 35.3 Å². The van der Waals surface area contributed by atoms with Crippen LogP contribution in [0.5, 0.6) is 17.2 Å². The Kier molecular flexibility index (Phi) is 25.0. The SMILES string of the molecule is CNOCc1ccc2c(c1)N(CC(=O)NO)C(=O)C(Cc1ccc(OC)cc1)S2.CNOCc1ccc2c(c1)N(CC(=O)OC)C(=O)C(Cc1ccc(OC)cc1)S2.COC(=O)CN1C(=O)C(Cc2ccc(OC)cc2)Sc2ccc(COO)cc21. The van der Waals surface area contributed by atoms with E-state index in [1.54, 1.807) is 47.0 Å². The Morgan fingerprint density at radius 3 is 1.03 bits per heavy atom. The molecule has 3 unspecified atom stereocenters. The number of benzene rings is 6. The standard InChI is InChI=1S/C21H24N2O5S.C20H23N3O5S.C20H21NO6S/c1-22-28-13-15-6-9-18-17(10-15)23(12-20(24)27-3)21(25)19(29-18)11-14-4-7-16(26-2)8-5-14;1-21-28-12-14-5-8-17-16(9-14)23(11-19(24)22-26)20(25)18(29-17)10-13-3-6-15(27-2)7-4-13;1-25-15-6-3-13(4-7-15)10-18-20(23)21(11-19(22)26-2)16-9-14(12-27-24)5-8-17(16)28-18/h4-10,19,22H,11-13H2,1-3H3;3-9,18,21,26H,10-12H2,1-2H3,(H,22,24);3-9,18,24H,10-12H2,1-2H3. The first-order valence-electron chi connectivity index (χ1n) is 26.8. The lowest BCUT2D eigenvalue weighted by molar-refractivity contribution is -0.253.